The molecule has 3 aromatic rings. The fourth-order valence-corrected chi connectivity index (χ4v) is 4.90. The van der Waals surface area contributed by atoms with Gasteiger partial charge in [-0.2, -0.15) is 0 Å². The molecule has 2 aliphatic rings. The van der Waals surface area contributed by atoms with Crippen molar-refractivity contribution in [2.24, 2.45) is 0 Å². The van der Waals surface area contributed by atoms with Crippen LogP contribution < -0.4 is 0 Å². The van der Waals surface area contributed by atoms with Gasteiger partial charge < -0.3 is 0 Å². The molecule has 0 amide bonds. The van der Waals surface area contributed by atoms with Crippen molar-refractivity contribution in [3.05, 3.63) is 63.1 Å². The number of hydrogen-bond donors (Lipinski definition) is 0. The summed E-state index contributed by atoms with van der Waals surface area (Å²) >= 11 is 9.79. The number of halogens is 2. The maximum atomic E-state index is 6.26. The zero-order valence-corrected chi connectivity index (χ0v) is 14.9. The van der Waals surface area contributed by atoms with Crippen molar-refractivity contribution in [1.82, 2.24) is 4.98 Å². The van der Waals surface area contributed by atoms with E-state index in [-0.39, 0.29) is 0 Å². The summed E-state index contributed by atoms with van der Waals surface area (Å²) in [7, 11) is 0. The van der Waals surface area contributed by atoms with E-state index in [4.69, 9.17) is 16.6 Å². The van der Waals surface area contributed by atoms with Crippen molar-refractivity contribution >= 4 is 38.4 Å². The molecule has 2 aromatic carbocycles. The van der Waals surface area contributed by atoms with Crippen molar-refractivity contribution in [2.75, 3.05) is 0 Å². The average Bonchev–Trinajstić information content (AvgIpc) is 3.17. The predicted octanol–water partition coefficient (Wildman–Crippen LogP) is 6.68. The van der Waals surface area contributed by atoms with Crippen LogP contribution in [-0.4, -0.2) is 4.98 Å². The van der Waals surface area contributed by atoms with Crippen LogP contribution in [0.25, 0.3) is 22.2 Å². The monoisotopic (exact) mass is 383 g/mol. The molecule has 2 atom stereocenters. The zero-order chi connectivity index (χ0) is 15.6. The Morgan fingerprint density at radius 3 is 2.48 bits per heavy atom. The lowest BCUT2D eigenvalue weighted by Gasteiger charge is -2.21. The van der Waals surface area contributed by atoms with Crippen LogP contribution in [0, 0.1) is 0 Å². The van der Waals surface area contributed by atoms with Crippen LogP contribution in [-0.2, 0) is 0 Å². The van der Waals surface area contributed by atoms with E-state index in [0.717, 1.165) is 15.0 Å². The lowest BCUT2D eigenvalue weighted by Crippen LogP contribution is -2.04. The second kappa shape index (κ2) is 5.06. The third kappa shape index (κ3) is 2.08. The second-order valence-electron chi connectivity index (χ2n) is 6.66. The predicted molar refractivity (Wildman–Crippen MR) is 99.2 cm³/mol. The van der Waals surface area contributed by atoms with E-state index in [1.54, 1.807) is 0 Å². The Labute approximate surface area is 148 Å². The van der Waals surface area contributed by atoms with E-state index < -0.39 is 0 Å². The highest BCUT2D eigenvalue weighted by Gasteiger charge is 2.40. The Kier molecular flexibility index (Phi) is 3.08. The molecule has 0 aliphatic heterocycles. The van der Waals surface area contributed by atoms with Crippen molar-refractivity contribution in [1.29, 1.82) is 0 Å². The fourth-order valence-electron chi connectivity index (χ4n) is 4.46. The molecule has 114 valence electrons. The summed E-state index contributed by atoms with van der Waals surface area (Å²) in [5, 5.41) is 2.07. The first kappa shape index (κ1) is 14.0. The number of nitrogens with zero attached hydrogens (tertiary/aromatic N) is 1. The molecule has 2 unspecified atom stereocenters. The molecule has 0 spiro atoms. The van der Waals surface area contributed by atoms with Gasteiger partial charge in [0.2, 0.25) is 0 Å². The van der Waals surface area contributed by atoms with Gasteiger partial charge in [-0.1, -0.05) is 39.7 Å². The van der Waals surface area contributed by atoms with E-state index in [1.807, 2.05) is 6.07 Å². The molecule has 1 aromatic heterocycles. The van der Waals surface area contributed by atoms with Gasteiger partial charge in [-0.05, 0) is 72.6 Å². The average molecular weight is 385 g/mol. The van der Waals surface area contributed by atoms with Crippen LogP contribution in [0.3, 0.4) is 0 Å². The van der Waals surface area contributed by atoms with Crippen LogP contribution in [0.2, 0.25) is 5.02 Å². The maximum absolute atomic E-state index is 6.26. The summed E-state index contributed by atoms with van der Waals surface area (Å²) in [4.78, 5) is 5.03. The van der Waals surface area contributed by atoms with Gasteiger partial charge in [0.1, 0.15) is 0 Å². The van der Waals surface area contributed by atoms with Crippen molar-refractivity contribution in [3.63, 3.8) is 0 Å². The van der Waals surface area contributed by atoms with Gasteiger partial charge in [-0.3, -0.25) is 0 Å². The SMILES string of the molecule is Clc1ccc2nc(-c3ccc(Br)cc3)c3c(c2c1)C1CCC3C1. The molecule has 0 N–H and O–H groups in total. The fraction of sp³-hybridized carbons (Fsp3) is 0.250. The molecule has 2 aliphatic carbocycles. The number of benzene rings is 2. The first-order valence-electron chi connectivity index (χ1n) is 8.09. The first-order valence-corrected chi connectivity index (χ1v) is 9.27. The van der Waals surface area contributed by atoms with Gasteiger partial charge in [-0.15, -0.1) is 0 Å². The van der Waals surface area contributed by atoms with Gasteiger partial charge in [0.25, 0.3) is 0 Å². The van der Waals surface area contributed by atoms with Crippen LogP contribution in [0.5, 0.6) is 0 Å². The van der Waals surface area contributed by atoms with Gasteiger partial charge in [0, 0.05) is 20.4 Å². The molecule has 5 rings (SSSR count). The molecular weight excluding hydrogens is 370 g/mol. The number of aromatic nitrogens is 1. The van der Waals surface area contributed by atoms with Gasteiger partial charge in [0.15, 0.2) is 0 Å². The molecule has 1 saturated carbocycles. The Morgan fingerprint density at radius 2 is 1.70 bits per heavy atom. The van der Waals surface area contributed by atoms with Crippen molar-refractivity contribution in [2.45, 2.75) is 31.1 Å². The summed E-state index contributed by atoms with van der Waals surface area (Å²) < 4.78 is 1.10. The minimum atomic E-state index is 0.671. The number of fused-ring (bicyclic) bond motifs is 7. The molecule has 2 bridgehead atoms. The highest BCUT2D eigenvalue weighted by atomic mass is 79.9. The highest BCUT2D eigenvalue weighted by Crippen LogP contribution is 2.57. The van der Waals surface area contributed by atoms with Crippen LogP contribution >= 0.6 is 27.5 Å². The Hall–Kier alpha value is -1.38. The van der Waals surface area contributed by atoms with Gasteiger partial charge in [-0.25, -0.2) is 4.98 Å². The quantitative estimate of drug-likeness (QED) is 0.456. The maximum Gasteiger partial charge on any atom is 0.0747 e. The molecule has 1 heterocycles. The summed E-state index contributed by atoms with van der Waals surface area (Å²) in [5.41, 5.74) is 6.46. The van der Waals surface area contributed by atoms with E-state index in [9.17, 15) is 0 Å². The van der Waals surface area contributed by atoms with Crippen LogP contribution in [0.15, 0.2) is 46.9 Å². The zero-order valence-electron chi connectivity index (χ0n) is 12.5. The minimum absolute atomic E-state index is 0.671. The summed E-state index contributed by atoms with van der Waals surface area (Å²) in [6.45, 7) is 0. The lowest BCUT2D eigenvalue weighted by molar-refractivity contribution is 0.720. The molecule has 1 nitrogen and oxygen atoms in total. The number of pyridine rings is 1. The molecule has 3 heteroatoms. The van der Waals surface area contributed by atoms with Gasteiger partial charge in [0.05, 0.1) is 11.2 Å². The number of hydrogen-bond acceptors (Lipinski definition) is 1. The Morgan fingerprint density at radius 1 is 0.957 bits per heavy atom. The van der Waals surface area contributed by atoms with Crippen molar-refractivity contribution < 1.29 is 0 Å². The number of rotatable bonds is 1. The Balaban J connectivity index is 1.85. The highest BCUT2D eigenvalue weighted by molar-refractivity contribution is 9.10. The van der Waals surface area contributed by atoms with E-state index in [1.165, 1.54) is 47.0 Å². The minimum Gasteiger partial charge on any atom is -0.247 e. The molecule has 0 saturated heterocycles. The standard InChI is InChI=1S/C20H15BrClN/c21-14-5-3-11(4-6-14)20-19-13-2-1-12(9-13)18(19)16-10-15(22)7-8-17(16)23-20/h3-8,10,12-13H,1-2,9H2. The lowest BCUT2D eigenvalue weighted by atomic mass is 9.86. The summed E-state index contributed by atoms with van der Waals surface area (Å²) in [6, 6.07) is 14.6. The normalized spacial score (nSPS) is 21.8. The molecule has 1 fully saturated rings. The third-order valence-electron chi connectivity index (χ3n) is 5.39. The second-order valence-corrected chi connectivity index (χ2v) is 8.02. The van der Waals surface area contributed by atoms with E-state index >= 15 is 0 Å². The Bertz CT molecular complexity index is 933. The summed E-state index contributed by atoms with van der Waals surface area (Å²) in [6.07, 6.45) is 3.89. The molecule has 0 radical (unpaired) electrons. The summed E-state index contributed by atoms with van der Waals surface area (Å²) in [5.74, 6) is 1.36. The van der Waals surface area contributed by atoms with Crippen molar-refractivity contribution in [3.8, 4) is 11.3 Å². The van der Waals surface area contributed by atoms with E-state index in [2.05, 4.69) is 52.3 Å². The van der Waals surface area contributed by atoms with Crippen LogP contribution in [0.1, 0.15) is 42.2 Å². The largest absolute Gasteiger partial charge is 0.247 e. The smallest absolute Gasteiger partial charge is 0.0747 e. The molecule has 23 heavy (non-hydrogen) atoms. The third-order valence-corrected chi connectivity index (χ3v) is 6.16. The topological polar surface area (TPSA) is 12.9 Å². The van der Waals surface area contributed by atoms with Crippen LogP contribution in [0.4, 0.5) is 0 Å². The van der Waals surface area contributed by atoms with E-state index in [0.29, 0.717) is 11.8 Å². The first-order chi connectivity index (χ1) is 11.2. The molecular formula is C20H15BrClN. The van der Waals surface area contributed by atoms with Gasteiger partial charge >= 0.3 is 0 Å².